The molecular weight excluding hydrogens is 450 g/mol. The van der Waals surface area contributed by atoms with Crippen LogP contribution in [0.5, 0.6) is 17.2 Å². The van der Waals surface area contributed by atoms with Crippen LogP contribution >= 0.6 is 0 Å². The van der Waals surface area contributed by atoms with Crippen molar-refractivity contribution in [2.45, 2.75) is 19.0 Å². The van der Waals surface area contributed by atoms with Gasteiger partial charge in [0.25, 0.3) is 5.91 Å². The van der Waals surface area contributed by atoms with Crippen LogP contribution in [0.25, 0.3) is 0 Å². The summed E-state index contributed by atoms with van der Waals surface area (Å²) in [6.45, 7) is 0.247. The quantitative estimate of drug-likeness (QED) is 0.525. The van der Waals surface area contributed by atoms with Crippen molar-refractivity contribution in [2.24, 2.45) is 0 Å². The molecule has 4 amide bonds. The number of ether oxygens (including phenoxy) is 3. The molecule has 0 radical (unpaired) electrons. The Hall–Kier alpha value is -4.53. The Labute approximate surface area is 201 Å². The van der Waals surface area contributed by atoms with E-state index in [0.717, 1.165) is 10.5 Å². The number of nitrogens with zero attached hydrogens (tertiary/aromatic N) is 2. The Kier molecular flexibility index (Phi) is 5.97. The first-order valence-corrected chi connectivity index (χ1v) is 11.1. The molecule has 178 valence electrons. The van der Waals surface area contributed by atoms with E-state index in [4.69, 9.17) is 14.2 Å². The first-order valence-electron chi connectivity index (χ1n) is 11.1. The zero-order chi connectivity index (χ0) is 24.4. The second kappa shape index (κ2) is 9.38. The Morgan fingerprint density at radius 2 is 1.80 bits per heavy atom. The SMILES string of the molecule is COc1cccc(N2C(=O)[C@@H](CC(=O)Nc3ccccc3)N(Cc3ccc4c(c3)OCO4)C2=O)c1. The third kappa shape index (κ3) is 4.48. The maximum atomic E-state index is 13.5. The van der Waals surface area contributed by atoms with E-state index in [9.17, 15) is 14.4 Å². The highest BCUT2D eigenvalue weighted by Gasteiger charge is 2.46. The van der Waals surface area contributed by atoms with E-state index in [1.165, 1.54) is 12.0 Å². The first-order chi connectivity index (χ1) is 17.0. The standard InChI is InChI=1S/C26H23N3O6/c1-33-20-9-5-8-19(13-20)29-25(31)21(14-24(30)27-18-6-3-2-4-7-18)28(26(29)32)15-17-10-11-22-23(12-17)35-16-34-22/h2-13,21H,14-16H2,1H3,(H,27,30)/t21-/m1/s1. The average molecular weight is 473 g/mol. The predicted molar refractivity (Wildman–Crippen MR) is 127 cm³/mol. The number of carbonyl (C=O) groups excluding carboxylic acids is 3. The van der Waals surface area contributed by atoms with Crippen LogP contribution in [-0.4, -0.2) is 42.7 Å². The highest BCUT2D eigenvalue weighted by atomic mass is 16.7. The van der Waals surface area contributed by atoms with Gasteiger partial charge in [-0.3, -0.25) is 9.59 Å². The molecule has 2 aliphatic heterocycles. The fourth-order valence-electron chi connectivity index (χ4n) is 4.15. The number of benzene rings is 3. The van der Waals surface area contributed by atoms with Crippen LogP contribution in [0.3, 0.4) is 0 Å². The smallest absolute Gasteiger partial charge is 0.332 e. The normalized spacial score (nSPS) is 16.5. The van der Waals surface area contributed by atoms with Gasteiger partial charge in [0.1, 0.15) is 11.8 Å². The molecule has 0 aromatic heterocycles. The van der Waals surface area contributed by atoms with E-state index < -0.39 is 18.0 Å². The van der Waals surface area contributed by atoms with Gasteiger partial charge < -0.3 is 24.4 Å². The molecule has 0 spiro atoms. The second-order valence-electron chi connectivity index (χ2n) is 8.11. The number of fused-ring (bicyclic) bond motifs is 1. The van der Waals surface area contributed by atoms with Crippen molar-refractivity contribution in [3.8, 4) is 17.2 Å². The molecule has 9 nitrogen and oxygen atoms in total. The van der Waals surface area contributed by atoms with Gasteiger partial charge in [-0.15, -0.1) is 0 Å². The molecule has 35 heavy (non-hydrogen) atoms. The molecule has 1 N–H and O–H groups in total. The highest BCUT2D eigenvalue weighted by Crippen LogP contribution is 2.35. The second-order valence-corrected chi connectivity index (χ2v) is 8.11. The lowest BCUT2D eigenvalue weighted by Crippen LogP contribution is -2.37. The number of hydrogen-bond donors (Lipinski definition) is 1. The summed E-state index contributed by atoms with van der Waals surface area (Å²) in [6.07, 6.45) is -0.190. The fourth-order valence-corrected chi connectivity index (χ4v) is 4.15. The number of rotatable bonds is 7. The topological polar surface area (TPSA) is 97.4 Å². The molecular formula is C26H23N3O6. The van der Waals surface area contributed by atoms with Gasteiger partial charge in [0, 0.05) is 18.3 Å². The van der Waals surface area contributed by atoms with Gasteiger partial charge in [-0.25, -0.2) is 9.69 Å². The summed E-state index contributed by atoms with van der Waals surface area (Å²) in [5.41, 5.74) is 1.73. The molecule has 3 aromatic rings. The van der Waals surface area contributed by atoms with Crippen LogP contribution in [0.1, 0.15) is 12.0 Å². The molecule has 0 unspecified atom stereocenters. The van der Waals surface area contributed by atoms with Crippen molar-refractivity contribution in [3.63, 3.8) is 0 Å². The lowest BCUT2D eigenvalue weighted by Gasteiger charge is -2.22. The van der Waals surface area contributed by atoms with Gasteiger partial charge in [0.05, 0.1) is 19.2 Å². The Bertz CT molecular complexity index is 1280. The number of nitrogens with one attached hydrogen (secondary N) is 1. The molecule has 2 aliphatic rings. The minimum Gasteiger partial charge on any atom is -0.497 e. The van der Waals surface area contributed by atoms with Crippen LogP contribution in [-0.2, 0) is 16.1 Å². The minimum atomic E-state index is -0.983. The lowest BCUT2D eigenvalue weighted by molar-refractivity contribution is -0.124. The summed E-state index contributed by atoms with van der Waals surface area (Å²) in [5, 5.41) is 2.79. The molecule has 1 fully saturated rings. The summed E-state index contributed by atoms with van der Waals surface area (Å²) in [4.78, 5) is 42.3. The van der Waals surface area contributed by atoms with Crippen molar-refractivity contribution in [3.05, 3.63) is 78.4 Å². The maximum Gasteiger partial charge on any atom is 0.332 e. The van der Waals surface area contributed by atoms with E-state index in [-0.39, 0.29) is 25.7 Å². The van der Waals surface area contributed by atoms with Gasteiger partial charge >= 0.3 is 6.03 Å². The molecule has 9 heteroatoms. The molecule has 0 saturated carbocycles. The molecule has 1 atom stereocenters. The van der Waals surface area contributed by atoms with Crippen molar-refractivity contribution in [1.29, 1.82) is 0 Å². The van der Waals surface area contributed by atoms with E-state index in [1.807, 2.05) is 6.07 Å². The number of amides is 4. The Morgan fingerprint density at radius 1 is 1.00 bits per heavy atom. The van der Waals surface area contributed by atoms with Crippen LogP contribution in [0.4, 0.5) is 16.2 Å². The summed E-state index contributed by atoms with van der Waals surface area (Å²) in [7, 11) is 1.51. The summed E-state index contributed by atoms with van der Waals surface area (Å²) >= 11 is 0. The average Bonchev–Trinajstić information content (AvgIpc) is 3.42. The Morgan fingerprint density at radius 3 is 2.60 bits per heavy atom. The van der Waals surface area contributed by atoms with Crippen LogP contribution < -0.4 is 24.4 Å². The van der Waals surface area contributed by atoms with E-state index in [1.54, 1.807) is 66.7 Å². The van der Waals surface area contributed by atoms with Crippen LogP contribution in [0.2, 0.25) is 0 Å². The lowest BCUT2D eigenvalue weighted by atomic mass is 10.1. The number of para-hydroxylation sites is 1. The van der Waals surface area contributed by atoms with Crippen molar-refractivity contribution in [1.82, 2.24) is 4.90 Å². The van der Waals surface area contributed by atoms with E-state index >= 15 is 0 Å². The number of methoxy groups -OCH3 is 1. The number of imide groups is 1. The molecule has 5 rings (SSSR count). The van der Waals surface area contributed by atoms with Gasteiger partial charge in [-0.05, 0) is 42.0 Å². The molecule has 2 heterocycles. The molecule has 0 bridgehead atoms. The number of hydrogen-bond acceptors (Lipinski definition) is 6. The van der Waals surface area contributed by atoms with Gasteiger partial charge in [0.15, 0.2) is 11.5 Å². The monoisotopic (exact) mass is 473 g/mol. The summed E-state index contributed by atoms with van der Waals surface area (Å²) in [5.74, 6) is 0.853. The zero-order valence-electron chi connectivity index (χ0n) is 19.0. The third-order valence-corrected chi connectivity index (χ3v) is 5.86. The fraction of sp³-hybridized carbons (Fsp3) is 0.192. The predicted octanol–water partition coefficient (Wildman–Crippen LogP) is 3.79. The van der Waals surface area contributed by atoms with Gasteiger partial charge in [0.2, 0.25) is 12.7 Å². The van der Waals surface area contributed by atoms with Gasteiger partial charge in [-0.1, -0.05) is 30.3 Å². The van der Waals surface area contributed by atoms with Crippen LogP contribution in [0, 0.1) is 0 Å². The van der Waals surface area contributed by atoms with Crippen molar-refractivity contribution in [2.75, 3.05) is 24.1 Å². The molecule has 3 aromatic carbocycles. The van der Waals surface area contributed by atoms with Crippen molar-refractivity contribution >= 4 is 29.2 Å². The molecule has 0 aliphatic carbocycles. The minimum absolute atomic E-state index is 0.116. The molecule has 1 saturated heterocycles. The van der Waals surface area contributed by atoms with Crippen molar-refractivity contribution < 1.29 is 28.6 Å². The summed E-state index contributed by atoms with van der Waals surface area (Å²) in [6, 6.07) is 19.5. The number of urea groups is 1. The number of anilines is 2. The first kappa shape index (κ1) is 22.3. The van der Waals surface area contributed by atoms with Gasteiger partial charge in [-0.2, -0.15) is 0 Å². The summed E-state index contributed by atoms with van der Waals surface area (Å²) < 4.78 is 16.1. The van der Waals surface area contributed by atoms with Crippen LogP contribution in [0.15, 0.2) is 72.8 Å². The van der Waals surface area contributed by atoms with E-state index in [0.29, 0.717) is 28.6 Å². The third-order valence-electron chi connectivity index (χ3n) is 5.86. The van der Waals surface area contributed by atoms with E-state index in [2.05, 4.69) is 5.32 Å². The zero-order valence-corrected chi connectivity index (χ0v) is 19.0. The maximum absolute atomic E-state index is 13.5. The number of carbonyl (C=O) groups is 3. The largest absolute Gasteiger partial charge is 0.497 e. The Balaban J connectivity index is 1.43. The highest BCUT2D eigenvalue weighted by molar-refractivity contribution is 6.22.